The summed E-state index contributed by atoms with van der Waals surface area (Å²) in [5, 5.41) is 15.7. The molecule has 4 nitrogen and oxygen atoms in total. The minimum absolute atomic E-state index is 0.0907. The lowest BCUT2D eigenvalue weighted by Gasteiger charge is -2.14. The van der Waals surface area contributed by atoms with E-state index in [1.807, 2.05) is 24.3 Å². The van der Waals surface area contributed by atoms with Gasteiger partial charge in [-0.2, -0.15) is 0 Å². The highest BCUT2D eigenvalue weighted by Crippen LogP contribution is 2.29. The van der Waals surface area contributed by atoms with Gasteiger partial charge in [0.05, 0.1) is 5.69 Å². The van der Waals surface area contributed by atoms with Crippen molar-refractivity contribution in [2.24, 2.45) is 0 Å². The Bertz CT molecular complexity index is 764. The SMILES string of the molecule is CC[C@@H](C)c1ccc(O)c(NC(=S)NC(=O)c2cccc(I)c2)c1. The Morgan fingerprint density at radius 2 is 2.04 bits per heavy atom. The van der Waals surface area contributed by atoms with Crippen LogP contribution in [0, 0.1) is 3.57 Å². The fraction of sp³-hybridized carbons (Fsp3) is 0.222. The minimum atomic E-state index is -0.288. The molecule has 0 spiro atoms. The molecule has 3 N–H and O–H groups in total. The second-order valence-electron chi connectivity index (χ2n) is 5.50. The van der Waals surface area contributed by atoms with Gasteiger partial charge in [0, 0.05) is 9.13 Å². The molecule has 24 heavy (non-hydrogen) atoms. The molecule has 2 rings (SSSR count). The Morgan fingerprint density at radius 3 is 2.71 bits per heavy atom. The van der Waals surface area contributed by atoms with Gasteiger partial charge in [-0.05, 0) is 83.0 Å². The monoisotopic (exact) mass is 454 g/mol. The largest absolute Gasteiger partial charge is 0.506 e. The number of rotatable bonds is 4. The fourth-order valence-corrected chi connectivity index (χ4v) is 2.90. The molecule has 2 aromatic rings. The molecular formula is C18H19IN2O2S. The summed E-state index contributed by atoms with van der Waals surface area (Å²) < 4.78 is 0.970. The lowest BCUT2D eigenvalue weighted by atomic mass is 9.98. The van der Waals surface area contributed by atoms with Crippen LogP contribution in [0.2, 0.25) is 0 Å². The van der Waals surface area contributed by atoms with Crippen molar-refractivity contribution in [2.75, 3.05) is 5.32 Å². The number of phenols is 1. The van der Waals surface area contributed by atoms with Crippen LogP contribution in [0.15, 0.2) is 42.5 Å². The van der Waals surface area contributed by atoms with Crippen molar-refractivity contribution in [3.63, 3.8) is 0 Å². The molecule has 6 heteroatoms. The molecule has 1 amide bonds. The number of carbonyl (C=O) groups excluding carboxylic acids is 1. The van der Waals surface area contributed by atoms with Crippen LogP contribution in [0.25, 0.3) is 0 Å². The van der Waals surface area contributed by atoms with E-state index in [9.17, 15) is 9.90 Å². The first-order chi connectivity index (χ1) is 11.4. The number of benzene rings is 2. The smallest absolute Gasteiger partial charge is 0.257 e. The number of aromatic hydroxyl groups is 1. The number of nitrogens with one attached hydrogen (secondary N) is 2. The van der Waals surface area contributed by atoms with Crippen molar-refractivity contribution in [1.29, 1.82) is 0 Å². The molecule has 0 radical (unpaired) electrons. The zero-order valence-corrected chi connectivity index (χ0v) is 16.4. The third-order valence-corrected chi connectivity index (χ3v) is 4.64. The minimum Gasteiger partial charge on any atom is -0.506 e. The van der Waals surface area contributed by atoms with E-state index in [2.05, 4.69) is 47.1 Å². The van der Waals surface area contributed by atoms with Gasteiger partial charge < -0.3 is 10.4 Å². The van der Waals surface area contributed by atoms with Crippen molar-refractivity contribution < 1.29 is 9.90 Å². The van der Waals surface area contributed by atoms with Gasteiger partial charge in [0.25, 0.3) is 5.91 Å². The Labute approximate surface area is 160 Å². The van der Waals surface area contributed by atoms with Gasteiger partial charge in [-0.1, -0.05) is 26.0 Å². The van der Waals surface area contributed by atoms with E-state index in [0.717, 1.165) is 15.6 Å². The van der Waals surface area contributed by atoms with Crippen molar-refractivity contribution in [2.45, 2.75) is 26.2 Å². The molecule has 126 valence electrons. The highest BCUT2D eigenvalue weighted by atomic mass is 127. The predicted molar refractivity (Wildman–Crippen MR) is 110 cm³/mol. The van der Waals surface area contributed by atoms with Crippen LogP contribution in [0.5, 0.6) is 5.75 Å². The summed E-state index contributed by atoms with van der Waals surface area (Å²) in [4.78, 5) is 12.2. The van der Waals surface area contributed by atoms with Crippen molar-refractivity contribution in [1.82, 2.24) is 5.32 Å². The quantitative estimate of drug-likeness (QED) is 0.358. The van der Waals surface area contributed by atoms with Crippen LogP contribution >= 0.6 is 34.8 Å². The first-order valence-electron chi connectivity index (χ1n) is 7.61. The average molecular weight is 454 g/mol. The van der Waals surface area contributed by atoms with Gasteiger partial charge in [0.1, 0.15) is 5.75 Å². The van der Waals surface area contributed by atoms with Crippen LogP contribution in [0.3, 0.4) is 0 Å². The number of hydrogen-bond acceptors (Lipinski definition) is 3. The Morgan fingerprint density at radius 1 is 1.29 bits per heavy atom. The van der Waals surface area contributed by atoms with Gasteiger partial charge in [-0.25, -0.2) is 0 Å². The number of amides is 1. The predicted octanol–water partition coefficient (Wildman–Crippen LogP) is 4.64. The molecule has 0 aliphatic carbocycles. The van der Waals surface area contributed by atoms with E-state index in [4.69, 9.17) is 12.2 Å². The molecule has 0 saturated heterocycles. The number of halogens is 1. The maximum absolute atomic E-state index is 12.2. The number of anilines is 1. The molecule has 0 fully saturated rings. The highest BCUT2D eigenvalue weighted by molar-refractivity contribution is 14.1. The molecule has 0 saturated carbocycles. The second-order valence-corrected chi connectivity index (χ2v) is 7.16. The molecule has 0 heterocycles. The normalized spacial score (nSPS) is 11.6. The summed E-state index contributed by atoms with van der Waals surface area (Å²) in [6, 6.07) is 12.6. The fourth-order valence-electron chi connectivity index (χ4n) is 2.15. The van der Waals surface area contributed by atoms with Crippen molar-refractivity contribution in [3.05, 3.63) is 57.2 Å². The van der Waals surface area contributed by atoms with E-state index in [-0.39, 0.29) is 16.8 Å². The summed E-state index contributed by atoms with van der Waals surface area (Å²) in [5.74, 6) is 0.178. The third-order valence-electron chi connectivity index (χ3n) is 3.76. The Hall–Kier alpha value is -1.67. The maximum atomic E-state index is 12.2. The standard InChI is InChI=1S/C18H19IN2O2S/c1-3-11(2)12-7-8-16(22)15(10-12)20-18(24)21-17(23)13-5-4-6-14(19)9-13/h4-11,22H,3H2,1-2H3,(H2,20,21,23,24)/t11-/m1/s1. The summed E-state index contributed by atoms with van der Waals surface area (Å²) in [6.45, 7) is 4.23. The molecule has 0 aliphatic heterocycles. The van der Waals surface area contributed by atoms with E-state index in [1.165, 1.54) is 0 Å². The summed E-state index contributed by atoms with van der Waals surface area (Å²) >= 11 is 7.33. The number of thiocarbonyl (C=S) groups is 1. The van der Waals surface area contributed by atoms with Gasteiger partial charge >= 0.3 is 0 Å². The Kier molecular flexibility index (Phi) is 6.56. The highest BCUT2D eigenvalue weighted by Gasteiger charge is 2.11. The zero-order valence-electron chi connectivity index (χ0n) is 13.5. The van der Waals surface area contributed by atoms with E-state index in [0.29, 0.717) is 17.2 Å². The summed E-state index contributed by atoms with van der Waals surface area (Å²) in [7, 11) is 0. The van der Waals surface area contributed by atoms with Crippen LogP contribution in [0.1, 0.15) is 42.1 Å². The molecule has 0 aromatic heterocycles. The first-order valence-corrected chi connectivity index (χ1v) is 9.10. The van der Waals surface area contributed by atoms with Crippen molar-refractivity contribution in [3.8, 4) is 5.75 Å². The van der Waals surface area contributed by atoms with Gasteiger partial charge in [-0.3, -0.25) is 10.1 Å². The summed E-state index contributed by atoms with van der Waals surface area (Å²) in [5.41, 5.74) is 2.12. The topological polar surface area (TPSA) is 61.4 Å². The molecule has 0 unspecified atom stereocenters. The number of carbonyl (C=O) groups is 1. The first kappa shape index (κ1) is 18.7. The zero-order chi connectivity index (χ0) is 17.7. The van der Waals surface area contributed by atoms with Crippen LogP contribution in [-0.4, -0.2) is 16.1 Å². The molecular weight excluding hydrogens is 435 g/mol. The van der Waals surface area contributed by atoms with Gasteiger partial charge in [0.2, 0.25) is 0 Å². The van der Waals surface area contributed by atoms with Crippen LogP contribution in [-0.2, 0) is 0 Å². The second kappa shape index (κ2) is 8.43. The molecule has 0 aliphatic rings. The Balaban J connectivity index is 2.08. The van der Waals surface area contributed by atoms with E-state index in [1.54, 1.807) is 18.2 Å². The lowest BCUT2D eigenvalue weighted by molar-refractivity contribution is 0.0977. The lowest BCUT2D eigenvalue weighted by Crippen LogP contribution is -2.34. The number of phenolic OH excluding ortho intramolecular Hbond substituents is 1. The molecule has 2 aromatic carbocycles. The van der Waals surface area contributed by atoms with E-state index < -0.39 is 0 Å². The van der Waals surface area contributed by atoms with Crippen LogP contribution < -0.4 is 10.6 Å². The van der Waals surface area contributed by atoms with Crippen molar-refractivity contribution >= 4 is 51.5 Å². The van der Waals surface area contributed by atoms with Gasteiger partial charge in [-0.15, -0.1) is 0 Å². The van der Waals surface area contributed by atoms with E-state index >= 15 is 0 Å². The molecule has 1 atom stereocenters. The maximum Gasteiger partial charge on any atom is 0.257 e. The third kappa shape index (κ3) is 4.91. The van der Waals surface area contributed by atoms with Crippen LogP contribution in [0.4, 0.5) is 5.69 Å². The number of hydrogen-bond donors (Lipinski definition) is 3. The summed E-state index contributed by atoms with van der Waals surface area (Å²) in [6.07, 6.45) is 0.998. The van der Waals surface area contributed by atoms with Gasteiger partial charge in [0.15, 0.2) is 5.11 Å². The average Bonchev–Trinajstić information content (AvgIpc) is 2.56. The molecule has 0 bridgehead atoms.